The maximum Gasteiger partial charge on any atom is 0.238 e. The molecule has 28 heavy (non-hydrogen) atoms. The van der Waals surface area contributed by atoms with Crippen molar-refractivity contribution in [2.75, 3.05) is 45.2 Å². The third kappa shape index (κ3) is 5.61. The predicted molar refractivity (Wildman–Crippen MR) is 111 cm³/mol. The van der Waals surface area contributed by atoms with Crippen LogP contribution in [0.25, 0.3) is 0 Å². The van der Waals surface area contributed by atoms with Crippen molar-refractivity contribution in [2.24, 2.45) is 5.92 Å². The predicted octanol–water partition coefficient (Wildman–Crippen LogP) is 3.40. The van der Waals surface area contributed by atoms with Gasteiger partial charge in [0.15, 0.2) is 0 Å². The molecule has 0 unspecified atom stereocenters. The smallest absolute Gasteiger partial charge is 0.238 e. The summed E-state index contributed by atoms with van der Waals surface area (Å²) in [4.78, 5) is 29.3. The molecule has 1 aromatic rings. The Balaban J connectivity index is 1.44. The molecule has 0 aliphatic carbocycles. The van der Waals surface area contributed by atoms with E-state index >= 15 is 0 Å². The first kappa shape index (κ1) is 20.9. The molecule has 154 valence electrons. The van der Waals surface area contributed by atoms with Gasteiger partial charge in [-0.1, -0.05) is 24.4 Å². The summed E-state index contributed by atoms with van der Waals surface area (Å²) < 4.78 is 5.12. The molecule has 0 spiro atoms. The van der Waals surface area contributed by atoms with E-state index in [1.54, 1.807) is 25.3 Å². The SMILES string of the molecule is COc1ccc(NC(=O)CN2CCC(C(=O)N3CCCCCC3)CC2)cc1Cl. The lowest BCUT2D eigenvalue weighted by Gasteiger charge is -2.33. The normalized spacial score (nSPS) is 19.1. The fourth-order valence-corrected chi connectivity index (χ4v) is 4.29. The number of rotatable bonds is 5. The van der Waals surface area contributed by atoms with Crippen LogP contribution in [0, 0.1) is 5.92 Å². The van der Waals surface area contributed by atoms with E-state index in [4.69, 9.17) is 16.3 Å². The van der Waals surface area contributed by atoms with Crippen molar-refractivity contribution in [3.8, 4) is 5.75 Å². The number of benzene rings is 1. The summed E-state index contributed by atoms with van der Waals surface area (Å²) in [6.07, 6.45) is 6.38. The Kier molecular flexibility index (Phi) is 7.57. The van der Waals surface area contributed by atoms with Crippen molar-refractivity contribution in [1.82, 2.24) is 9.80 Å². The second-order valence-electron chi connectivity index (χ2n) is 7.69. The summed E-state index contributed by atoms with van der Waals surface area (Å²) in [5.41, 5.74) is 0.655. The molecule has 0 aromatic heterocycles. The minimum absolute atomic E-state index is 0.0708. The Morgan fingerprint density at radius 1 is 1.11 bits per heavy atom. The molecule has 0 bridgehead atoms. The number of nitrogens with zero attached hydrogens (tertiary/aromatic N) is 2. The van der Waals surface area contributed by atoms with Crippen molar-refractivity contribution in [3.63, 3.8) is 0 Å². The molecule has 2 aliphatic heterocycles. The van der Waals surface area contributed by atoms with E-state index in [-0.39, 0.29) is 11.8 Å². The number of nitrogens with one attached hydrogen (secondary N) is 1. The van der Waals surface area contributed by atoms with Crippen LogP contribution >= 0.6 is 11.6 Å². The summed E-state index contributed by atoms with van der Waals surface area (Å²) >= 11 is 6.10. The van der Waals surface area contributed by atoms with Crippen LogP contribution in [0.1, 0.15) is 38.5 Å². The van der Waals surface area contributed by atoms with Gasteiger partial charge in [-0.15, -0.1) is 0 Å². The largest absolute Gasteiger partial charge is 0.495 e. The van der Waals surface area contributed by atoms with E-state index in [9.17, 15) is 9.59 Å². The first-order valence-electron chi connectivity index (χ1n) is 10.2. The van der Waals surface area contributed by atoms with E-state index < -0.39 is 0 Å². The van der Waals surface area contributed by atoms with Crippen LogP contribution in [-0.2, 0) is 9.59 Å². The minimum Gasteiger partial charge on any atom is -0.495 e. The van der Waals surface area contributed by atoms with Crippen molar-refractivity contribution in [1.29, 1.82) is 0 Å². The lowest BCUT2D eigenvalue weighted by Crippen LogP contribution is -2.44. The van der Waals surface area contributed by atoms with Gasteiger partial charge in [0.1, 0.15) is 5.75 Å². The fraction of sp³-hybridized carbons (Fsp3) is 0.619. The number of hydrogen-bond acceptors (Lipinski definition) is 4. The summed E-state index contributed by atoms with van der Waals surface area (Å²) in [5, 5.41) is 3.34. The van der Waals surface area contributed by atoms with Gasteiger partial charge >= 0.3 is 0 Å². The van der Waals surface area contributed by atoms with Crippen LogP contribution in [0.5, 0.6) is 5.75 Å². The Hall–Kier alpha value is -1.79. The van der Waals surface area contributed by atoms with Gasteiger partial charge in [-0.25, -0.2) is 0 Å². The zero-order valence-electron chi connectivity index (χ0n) is 16.6. The summed E-state index contributed by atoms with van der Waals surface area (Å²) in [6.45, 7) is 3.70. The quantitative estimate of drug-likeness (QED) is 0.812. The van der Waals surface area contributed by atoms with E-state index in [2.05, 4.69) is 15.1 Å². The Labute approximate surface area is 172 Å². The molecular formula is C21H30ClN3O3. The second kappa shape index (κ2) is 10.1. The number of carbonyl (C=O) groups excluding carboxylic acids is 2. The molecule has 0 saturated carbocycles. The molecule has 2 saturated heterocycles. The highest BCUT2D eigenvalue weighted by Gasteiger charge is 2.29. The van der Waals surface area contributed by atoms with Crippen molar-refractivity contribution in [2.45, 2.75) is 38.5 Å². The van der Waals surface area contributed by atoms with Gasteiger partial charge in [0.2, 0.25) is 11.8 Å². The highest BCUT2D eigenvalue weighted by Crippen LogP contribution is 2.27. The highest BCUT2D eigenvalue weighted by atomic mass is 35.5. The van der Waals surface area contributed by atoms with Gasteiger partial charge in [0.05, 0.1) is 18.7 Å². The van der Waals surface area contributed by atoms with Gasteiger partial charge in [-0.05, 0) is 57.0 Å². The summed E-state index contributed by atoms with van der Waals surface area (Å²) in [5.74, 6) is 0.936. The second-order valence-corrected chi connectivity index (χ2v) is 8.09. The third-order valence-electron chi connectivity index (χ3n) is 5.66. The molecule has 0 radical (unpaired) electrons. The molecule has 6 nitrogen and oxygen atoms in total. The number of carbonyl (C=O) groups is 2. The Morgan fingerprint density at radius 2 is 1.79 bits per heavy atom. The molecule has 2 amide bonds. The maximum atomic E-state index is 12.8. The molecule has 2 aliphatic rings. The number of likely N-dealkylation sites (tertiary alicyclic amines) is 2. The molecule has 2 heterocycles. The van der Waals surface area contributed by atoms with E-state index in [0.29, 0.717) is 28.9 Å². The van der Waals surface area contributed by atoms with Crippen molar-refractivity contribution < 1.29 is 14.3 Å². The van der Waals surface area contributed by atoms with E-state index in [0.717, 1.165) is 51.9 Å². The average molecular weight is 408 g/mol. The van der Waals surface area contributed by atoms with Crippen LogP contribution in [0.15, 0.2) is 18.2 Å². The van der Waals surface area contributed by atoms with Gasteiger partial charge < -0.3 is 15.0 Å². The van der Waals surface area contributed by atoms with Crippen molar-refractivity contribution >= 4 is 29.1 Å². The average Bonchev–Trinajstić information content (AvgIpc) is 2.97. The lowest BCUT2D eigenvalue weighted by atomic mass is 9.95. The van der Waals surface area contributed by atoms with Crippen LogP contribution in [0.4, 0.5) is 5.69 Å². The first-order chi connectivity index (χ1) is 13.6. The topological polar surface area (TPSA) is 61.9 Å². The van der Waals surface area contributed by atoms with Crippen LogP contribution in [-0.4, -0.2) is 61.4 Å². The van der Waals surface area contributed by atoms with Gasteiger partial charge in [-0.2, -0.15) is 0 Å². The van der Waals surface area contributed by atoms with Crippen LogP contribution in [0.2, 0.25) is 5.02 Å². The summed E-state index contributed by atoms with van der Waals surface area (Å²) in [7, 11) is 1.56. The van der Waals surface area contributed by atoms with Crippen molar-refractivity contribution in [3.05, 3.63) is 23.2 Å². The molecule has 1 N–H and O–H groups in total. The monoisotopic (exact) mass is 407 g/mol. The number of ether oxygens (including phenoxy) is 1. The zero-order valence-corrected chi connectivity index (χ0v) is 17.3. The minimum atomic E-state index is -0.0708. The molecule has 2 fully saturated rings. The molecular weight excluding hydrogens is 378 g/mol. The number of amides is 2. The number of halogens is 1. The highest BCUT2D eigenvalue weighted by molar-refractivity contribution is 6.32. The van der Waals surface area contributed by atoms with Crippen LogP contribution < -0.4 is 10.1 Å². The fourth-order valence-electron chi connectivity index (χ4n) is 4.04. The molecule has 7 heteroatoms. The number of anilines is 1. The van der Waals surface area contributed by atoms with Gasteiger partial charge in [0.25, 0.3) is 0 Å². The van der Waals surface area contributed by atoms with E-state index in [1.165, 1.54) is 12.8 Å². The maximum absolute atomic E-state index is 12.8. The Morgan fingerprint density at radius 3 is 2.39 bits per heavy atom. The molecule has 3 rings (SSSR count). The van der Waals surface area contributed by atoms with Crippen LogP contribution in [0.3, 0.4) is 0 Å². The van der Waals surface area contributed by atoms with Gasteiger partial charge in [-0.3, -0.25) is 14.5 Å². The first-order valence-corrected chi connectivity index (χ1v) is 10.6. The standard InChI is InChI=1S/C21H30ClN3O3/c1-28-19-7-6-17(14-18(19)22)23-20(26)15-24-12-8-16(9-13-24)21(27)25-10-4-2-3-5-11-25/h6-7,14,16H,2-5,8-13,15H2,1H3,(H,23,26). The molecule has 1 aromatic carbocycles. The molecule has 0 atom stereocenters. The number of methoxy groups -OCH3 is 1. The zero-order chi connectivity index (χ0) is 19.9. The summed E-state index contributed by atoms with van der Waals surface area (Å²) in [6, 6.07) is 5.19. The Bertz CT molecular complexity index is 681. The number of hydrogen-bond donors (Lipinski definition) is 1. The lowest BCUT2D eigenvalue weighted by molar-refractivity contribution is -0.137. The van der Waals surface area contributed by atoms with E-state index in [1.807, 2.05) is 0 Å². The van der Waals surface area contributed by atoms with Gasteiger partial charge in [0, 0.05) is 24.7 Å². The number of piperidine rings is 1. The third-order valence-corrected chi connectivity index (χ3v) is 5.95.